The summed E-state index contributed by atoms with van der Waals surface area (Å²) >= 11 is 0. The standard InChI is InChI=1S/C15H21NO2/c1-2-3-5-10-15(18)16-12-14(17)11-13-8-6-4-7-9-13/h4,6-9H,2-3,5,10-12H2,1H3,(H,16,18). The molecule has 0 aliphatic rings. The Labute approximate surface area is 109 Å². The van der Waals surface area contributed by atoms with Crippen LogP contribution >= 0.6 is 0 Å². The summed E-state index contributed by atoms with van der Waals surface area (Å²) < 4.78 is 0. The zero-order valence-corrected chi connectivity index (χ0v) is 10.9. The number of unbranched alkanes of at least 4 members (excludes halogenated alkanes) is 2. The number of nitrogens with one attached hydrogen (secondary N) is 1. The van der Waals surface area contributed by atoms with Gasteiger partial charge in [0.25, 0.3) is 0 Å². The zero-order chi connectivity index (χ0) is 13.2. The molecule has 3 heteroatoms. The Morgan fingerprint density at radius 2 is 1.83 bits per heavy atom. The van der Waals surface area contributed by atoms with E-state index in [1.165, 1.54) is 0 Å². The number of rotatable bonds is 8. The largest absolute Gasteiger partial charge is 0.349 e. The van der Waals surface area contributed by atoms with E-state index in [2.05, 4.69) is 12.2 Å². The Morgan fingerprint density at radius 3 is 2.50 bits per heavy atom. The van der Waals surface area contributed by atoms with E-state index in [1.807, 2.05) is 30.3 Å². The molecule has 0 spiro atoms. The summed E-state index contributed by atoms with van der Waals surface area (Å²) in [5.74, 6) is 0.0231. The van der Waals surface area contributed by atoms with Gasteiger partial charge < -0.3 is 5.32 Å². The van der Waals surface area contributed by atoms with Gasteiger partial charge in [-0.1, -0.05) is 50.1 Å². The fraction of sp³-hybridized carbons (Fsp3) is 0.467. The third-order valence-electron chi connectivity index (χ3n) is 2.73. The topological polar surface area (TPSA) is 46.2 Å². The summed E-state index contributed by atoms with van der Waals surface area (Å²) in [6.07, 6.45) is 3.96. The lowest BCUT2D eigenvalue weighted by molar-refractivity contribution is -0.125. The summed E-state index contributed by atoms with van der Waals surface area (Å²) in [6, 6.07) is 9.57. The number of ketones is 1. The first-order valence-electron chi connectivity index (χ1n) is 6.54. The van der Waals surface area contributed by atoms with Gasteiger partial charge in [-0.3, -0.25) is 9.59 Å². The van der Waals surface area contributed by atoms with Crippen molar-refractivity contribution in [3.63, 3.8) is 0 Å². The molecule has 1 aromatic rings. The third kappa shape index (κ3) is 6.18. The molecule has 98 valence electrons. The van der Waals surface area contributed by atoms with Crippen molar-refractivity contribution in [3.8, 4) is 0 Å². The van der Waals surface area contributed by atoms with Crippen LogP contribution in [0.15, 0.2) is 30.3 Å². The van der Waals surface area contributed by atoms with E-state index in [0.717, 1.165) is 24.8 Å². The van der Waals surface area contributed by atoms with Crippen LogP contribution in [0.3, 0.4) is 0 Å². The van der Waals surface area contributed by atoms with Crippen molar-refractivity contribution in [3.05, 3.63) is 35.9 Å². The lowest BCUT2D eigenvalue weighted by Crippen LogP contribution is -2.30. The van der Waals surface area contributed by atoms with Gasteiger partial charge in [0.2, 0.25) is 5.91 Å². The Morgan fingerprint density at radius 1 is 1.11 bits per heavy atom. The average molecular weight is 247 g/mol. The van der Waals surface area contributed by atoms with Crippen LogP contribution in [-0.4, -0.2) is 18.2 Å². The second-order valence-corrected chi connectivity index (χ2v) is 4.43. The molecule has 0 atom stereocenters. The van der Waals surface area contributed by atoms with Crippen LogP contribution in [0.25, 0.3) is 0 Å². The highest BCUT2D eigenvalue weighted by atomic mass is 16.2. The molecule has 1 rings (SSSR count). The van der Waals surface area contributed by atoms with E-state index in [4.69, 9.17) is 0 Å². The minimum absolute atomic E-state index is 0.0233. The lowest BCUT2D eigenvalue weighted by atomic mass is 10.1. The van der Waals surface area contributed by atoms with Crippen LogP contribution < -0.4 is 5.32 Å². The molecule has 0 saturated heterocycles. The number of carbonyl (C=O) groups excluding carboxylic acids is 2. The minimum Gasteiger partial charge on any atom is -0.349 e. The maximum absolute atomic E-state index is 11.6. The molecule has 1 aromatic carbocycles. The van der Waals surface area contributed by atoms with Crippen LogP contribution in [0, 0.1) is 0 Å². The maximum atomic E-state index is 11.6. The number of hydrogen-bond acceptors (Lipinski definition) is 2. The fourth-order valence-electron chi connectivity index (χ4n) is 1.71. The number of hydrogen-bond donors (Lipinski definition) is 1. The summed E-state index contributed by atoms with van der Waals surface area (Å²) in [7, 11) is 0. The first-order chi connectivity index (χ1) is 8.72. The highest BCUT2D eigenvalue weighted by molar-refractivity contribution is 5.87. The van der Waals surface area contributed by atoms with Gasteiger partial charge in [-0.05, 0) is 12.0 Å². The van der Waals surface area contributed by atoms with Gasteiger partial charge in [-0.15, -0.1) is 0 Å². The molecule has 0 saturated carbocycles. The number of Topliss-reactive ketones (excluding diaryl/α,β-unsaturated/α-hetero) is 1. The first kappa shape index (κ1) is 14.4. The van der Waals surface area contributed by atoms with Crippen molar-refractivity contribution >= 4 is 11.7 Å². The van der Waals surface area contributed by atoms with Gasteiger partial charge >= 0.3 is 0 Å². The molecular weight excluding hydrogens is 226 g/mol. The molecule has 0 aliphatic carbocycles. The first-order valence-corrected chi connectivity index (χ1v) is 6.54. The van der Waals surface area contributed by atoms with E-state index < -0.39 is 0 Å². The molecule has 18 heavy (non-hydrogen) atoms. The maximum Gasteiger partial charge on any atom is 0.220 e. The lowest BCUT2D eigenvalue weighted by Gasteiger charge is -2.04. The Balaban J connectivity index is 2.19. The molecule has 0 radical (unpaired) electrons. The Kier molecular flexibility index (Phi) is 6.77. The molecule has 3 nitrogen and oxygen atoms in total. The predicted molar refractivity (Wildman–Crippen MR) is 72.3 cm³/mol. The van der Waals surface area contributed by atoms with Gasteiger partial charge in [0.05, 0.1) is 6.54 Å². The summed E-state index contributed by atoms with van der Waals surface area (Å²) in [4.78, 5) is 23.0. The number of carbonyl (C=O) groups is 2. The molecule has 1 N–H and O–H groups in total. The summed E-state index contributed by atoms with van der Waals surface area (Å²) in [5, 5.41) is 2.67. The monoisotopic (exact) mass is 247 g/mol. The second-order valence-electron chi connectivity index (χ2n) is 4.43. The van der Waals surface area contributed by atoms with Gasteiger partial charge in [-0.2, -0.15) is 0 Å². The van der Waals surface area contributed by atoms with Crippen molar-refractivity contribution in [1.82, 2.24) is 5.32 Å². The van der Waals surface area contributed by atoms with Crippen molar-refractivity contribution < 1.29 is 9.59 Å². The van der Waals surface area contributed by atoms with E-state index in [1.54, 1.807) is 0 Å². The highest BCUT2D eigenvalue weighted by Crippen LogP contribution is 2.00. The van der Waals surface area contributed by atoms with Crippen molar-refractivity contribution in [2.24, 2.45) is 0 Å². The Hall–Kier alpha value is -1.64. The number of benzene rings is 1. The van der Waals surface area contributed by atoms with E-state index in [-0.39, 0.29) is 18.2 Å². The fourth-order valence-corrected chi connectivity index (χ4v) is 1.71. The molecule has 0 fully saturated rings. The SMILES string of the molecule is CCCCCC(=O)NCC(=O)Cc1ccccc1. The van der Waals surface area contributed by atoms with E-state index in [0.29, 0.717) is 12.8 Å². The van der Waals surface area contributed by atoms with Crippen molar-refractivity contribution in [1.29, 1.82) is 0 Å². The van der Waals surface area contributed by atoms with Crippen LogP contribution in [-0.2, 0) is 16.0 Å². The average Bonchev–Trinajstić information content (AvgIpc) is 2.38. The molecule has 1 amide bonds. The van der Waals surface area contributed by atoms with Gasteiger partial charge in [0.15, 0.2) is 5.78 Å². The van der Waals surface area contributed by atoms with Crippen LogP contribution in [0.1, 0.15) is 38.2 Å². The smallest absolute Gasteiger partial charge is 0.220 e. The molecule has 0 unspecified atom stereocenters. The van der Waals surface area contributed by atoms with Crippen LogP contribution in [0.2, 0.25) is 0 Å². The second kappa shape index (κ2) is 8.45. The summed E-state index contributed by atoms with van der Waals surface area (Å²) in [5.41, 5.74) is 0.989. The number of amides is 1. The van der Waals surface area contributed by atoms with Gasteiger partial charge in [0.1, 0.15) is 0 Å². The third-order valence-corrected chi connectivity index (χ3v) is 2.73. The van der Waals surface area contributed by atoms with Gasteiger partial charge in [0, 0.05) is 12.8 Å². The molecule has 0 aromatic heterocycles. The predicted octanol–water partition coefficient (Wildman–Crippen LogP) is 2.49. The molecule has 0 heterocycles. The molecular formula is C15H21NO2. The highest BCUT2D eigenvalue weighted by Gasteiger charge is 2.06. The van der Waals surface area contributed by atoms with Crippen LogP contribution in [0.4, 0.5) is 0 Å². The van der Waals surface area contributed by atoms with Crippen molar-refractivity contribution in [2.75, 3.05) is 6.54 Å². The van der Waals surface area contributed by atoms with Gasteiger partial charge in [-0.25, -0.2) is 0 Å². The normalized spacial score (nSPS) is 10.1. The Bertz CT molecular complexity index is 373. The van der Waals surface area contributed by atoms with Crippen LogP contribution in [0.5, 0.6) is 0 Å². The van der Waals surface area contributed by atoms with Crippen molar-refractivity contribution in [2.45, 2.75) is 39.0 Å². The minimum atomic E-state index is -0.0233. The molecule has 0 aliphatic heterocycles. The summed E-state index contributed by atoms with van der Waals surface area (Å²) in [6.45, 7) is 2.24. The van der Waals surface area contributed by atoms with E-state index >= 15 is 0 Å². The zero-order valence-electron chi connectivity index (χ0n) is 10.9. The quantitative estimate of drug-likeness (QED) is 0.717. The van der Waals surface area contributed by atoms with E-state index in [9.17, 15) is 9.59 Å². The molecule has 0 bridgehead atoms.